The Labute approximate surface area is 135 Å². The lowest BCUT2D eigenvalue weighted by Gasteiger charge is -2.35. The predicted molar refractivity (Wildman–Crippen MR) is 94.6 cm³/mol. The molecule has 22 heavy (non-hydrogen) atoms. The van der Waals surface area contributed by atoms with Crippen LogP contribution < -0.4 is 0 Å². The van der Waals surface area contributed by atoms with Crippen molar-refractivity contribution in [2.24, 2.45) is 11.3 Å². The summed E-state index contributed by atoms with van der Waals surface area (Å²) in [5.41, 5.74) is 7.28. The van der Waals surface area contributed by atoms with Gasteiger partial charge in [0, 0.05) is 5.41 Å². The molecular weight excluding hydrogens is 264 g/mol. The summed E-state index contributed by atoms with van der Waals surface area (Å²) in [7, 11) is 0. The Bertz CT molecular complexity index is 604. The highest BCUT2D eigenvalue weighted by Crippen LogP contribution is 2.60. The highest BCUT2D eigenvalue weighted by molar-refractivity contribution is 5.70. The third kappa shape index (κ3) is 2.28. The first kappa shape index (κ1) is 14.3. The molecule has 0 heteroatoms. The number of benzene rings is 1. The highest BCUT2D eigenvalue weighted by Gasteiger charge is 2.46. The topological polar surface area (TPSA) is 0 Å². The van der Waals surface area contributed by atoms with Gasteiger partial charge < -0.3 is 0 Å². The first-order valence-electron chi connectivity index (χ1n) is 9.32. The van der Waals surface area contributed by atoms with E-state index < -0.39 is 0 Å². The fourth-order valence-electron chi connectivity index (χ4n) is 5.30. The second-order valence-corrected chi connectivity index (χ2v) is 7.61. The van der Waals surface area contributed by atoms with Gasteiger partial charge in [-0.15, -0.1) is 0 Å². The van der Waals surface area contributed by atoms with E-state index in [1.807, 2.05) is 11.1 Å². The van der Waals surface area contributed by atoms with E-state index in [0.29, 0.717) is 5.41 Å². The highest BCUT2D eigenvalue weighted by atomic mass is 14.5. The minimum atomic E-state index is 0.430. The fraction of sp³-hybridized carbons (Fsp3) is 0.545. The van der Waals surface area contributed by atoms with Crippen molar-refractivity contribution >= 4 is 5.57 Å². The van der Waals surface area contributed by atoms with Crippen LogP contribution in [0.3, 0.4) is 0 Å². The van der Waals surface area contributed by atoms with E-state index in [4.69, 9.17) is 0 Å². The molecule has 2 atom stereocenters. The van der Waals surface area contributed by atoms with Gasteiger partial charge in [-0.1, -0.05) is 67.3 Å². The molecule has 0 unspecified atom stereocenters. The van der Waals surface area contributed by atoms with Crippen molar-refractivity contribution in [3.8, 4) is 0 Å². The van der Waals surface area contributed by atoms with Crippen LogP contribution in [-0.2, 0) is 0 Å². The smallest absolute Gasteiger partial charge is 0.0105 e. The average molecular weight is 292 g/mol. The Balaban J connectivity index is 1.75. The summed E-state index contributed by atoms with van der Waals surface area (Å²) in [5, 5.41) is 0. The van der Waals surface area contributed by atoms with Gasteiger partial charge in [0.25, 0.3) is 0 Å². The Morgan fingerprint density at radius 3 is 2.73 bits per heavy atom. The molecule has 1 aromatic rings. The first-order valence-corrected chi connectivity index (χ1v) is 9.32. The van der Waals surface area contributed by atoms with Crippen LogP contribution in [0.15, 0.2) is 47.6 Å². The lowest BCUT2D eigenvalue weighted by molar-refractivity contribution is 0.345. The minimum absolute atomic E-state index is 0.430. The zero-order valence-corrected chi connectivity index (χ0v) is 13.9. The summed E-state index contributed by atoms with van der Waals surface area (Å²) in [5.74, 6) is 0.854. The second-order valence-electron chi connectivity index (χ2n) is 7.61. The maximum atomic E-state index is 2.71. The fourth-order valence-corrected chi connectivity index (χ4v) is 5.30. The maximum absolute atomic E-state index is 2.71. The SMILES string of the molecule is CCCC[C@]12C=C(c3ccccc3)C[C@H](C1)C1=C2CCCC1. The number of hydrogen-bond acceptors (Lipinski definition) is 0. The van der Waals surface area contributed by atoms with Crippen LogP contribution in [-0.4, -0.2) is 0 Å². The van der Waals surface area contributed by atoms with Gasteiger partial charge in [-0.25, -0.2) is 0 Å². The number of rotatable bonds is 4. The van der Waals surface area contributed by atoms with Crippen LogP contribution in [0.25, 0.3) is 5.57 Å². The van der Waals surface area contributed by atoms with Crippen molar-refractivity contribution in [1.29, 1.82) is 0 Å². The average Bonchev–Trinajstić information content (AvgIpc) is 2.82. The number of unbranched alkanes of at least 4 members (excludes halogenated alkanes) is 1. The van der Waals surface area contributed by atoms with Crippen molar-refractivity contribution in [2.75, 3.05) is 0 Å². The van der Waals surface area contributed by atoms with Crippen molar-refractivity contribution in [1.82, 2.24) is 0 Å². The van der Waals surface area contributed by atoms with E-state index in [0.717, 1.165) is 5.92 Å². The van der Waals surface area contributed by atoms with Crippen LogP contribution in [0.4, 0.5) is 0 Å². The van der Waals surface area contributed by atoms with Crippen LogP contribution in [0.2, 0.25) is 0 Å². The third-order valence-electron chi connectivity index (χ3n) is 6.25. The summed E-state index contributed by atoms with van der Waals surface area (Å²) in [6.45, 7) is 2.34. The summed E-state index contributed by atoms with van der Waals surface area (Å²) in [6, 6.07) is 11.1. The molecule has 3 aliphatic rings. The van der Waals surface area contributed by atoms with Crippen LogP contribution in [0, 0.1) is 11.3 Å². The Morgan fingerprint density at radius 2 is 1.91 bits per heavy atom. The van der Waals surface area contributed by atoms with Crippen molar-refractivity contribution < 1.29 is 0 Å². The molecule has 0 spiro atoms. The Morgan fingerprint density at radius 1 is 1.09 bits per heavy atom. The molecule has 0 aromatic heterocycles. The van der Waals surface area contributed by atoms with E-state index >= 15 is 0 Å². The molecule has 3 aliphatic carbocycles. The quantitative estimate of drug-likeness (QED) is 0.553. The van der Waals surface area contributed by atoms with Crippen LogP contribution >= 0.6 is 0 Å². The summed E-state index contributed by atoms with van der Waals surface area (Å²) < 4.78 is 0. The summed E-state index contributed by atoms with van der Waals surface area (Å²) >= 11 is 0. The molecule has 0 saturated carbocycles. The lowest BCUT2D eigenvalue weighted by Crippen LogP contribution is -2.22. The monoisotopic (exact) mass is 292 g/mol. The minimum Gasteiger partial charge on any atom is -0.0704 e. The number of hydrogen-bond donors (Lipinski definition) is 0. The predicted octanol–water partition coefficient (Wildman–Crippen LogP) is 6.54. The molecule has 0 nitrogen and oxygen atoms in total. The molecule has 0 heterocycles. The normalized spacial score (nSPS) is 30.2. The van der Waals surface area contributed by atoms with E-state index in [2.05, 4.69) is 43.3 Å². The van der Waals surface area contributed by atoms with Crippen LogP contribution in [0.5, 0.6) is 0 Å². The standard InChI is InChI=1S/C22H28/c1-2-3-13-22-15-18(17-9-5-4-6-10-17)14-19(16-22)20-11-7-8-12-21(20)22/h4-6,9-10,15,19H,2-3,7-8,11-14,16H2,1H3/t19-,22+/m1/s1. The molecule has 116 valence electrons. The largest absolute Gasteiger partial charge is 0.0704 e. The van der Waals surface area contributed by atoms with E-state index in [9.17, 15) is 0 Å². The van der Waals surface area contributed by atoms with Gasteiger partial charge in [0.1, 0.15) is 0 Å². The molecule has 0 N–H and O–H groups in total. The van der Waals surface area contributed by atoms with Crippen molar-refractivity contribution in [3.05, 3.63) is 53.1 Å². The Kier molecular flexibility index (Phi) is 3.72. The van der Waals surface area contributed by atoms with Gasteiger partial charge >= 0.3 is 0 Å². The Hall–Kier alpha value is -1.30. The van der Waals surface area contributed by atoms with Crippen molar-refractivity contribution in [2.45, 2.75) is 64.7 Å². The number of fused-ring (bicyclic) bond motifs is 4. The molecule has 1 aromatic carbocycles. The molecule has 0 amide bonds. The van der Waals surface area contributed by atoms with E-state index in [1.165, 1.54) is 63.4 Å². The van der Waals surface area contributed by atoms with Gasteiger partial charge in [-0.3, -0.25) is 0 Å². The molecular formula is C22H28. The second kappa shape index (κ2) is 5.72. The molecule has 0 radical (unpaired) electrons. The van der Waals surface area contributed by atoms with Gasteiger partial charge in [0.15, 0.2) is 0 Å². The van der Waals surface area contributed by atoms with Crippen molar-refractivity contribution in [3.63, 3.8) is 0 Å². The zero-order valence-electron chi connectivity index (χ0n) is 13.9. The van der Waals surface area contributed by atoms with Gasteiger partial charge in [0.05, 0.1) is 0 Å². The summed E-state index contributed by atoms with van der Waals surface area (Å²) in [4.78, 5) is 0. The molecule has 0 fully saturated rings. The van der Waals surface area contributed by atoms with Gasteiger partial charge in [0.2, 0.25) is 0 Å². The molecule has 4 rings (SSSR count). The van der Waals surface area contributed by atoms with E-state index in [-0.39, 0.29) is 0 Å². The third-order valence-corrected chi connectivity index (χ3v) is 6.25. The summed E-state index contributed by atoms with van der Waals surface area (Å²) in [6.07, 6.45) is 15.1. The van der Waals surface area contributed by atoms with Crippen LogP contribution in [0.1, 0.15) is 70.3 Å². The number of allylic oxidation sites excluding steroid dienone is 4. The zero-order chi connectivity index (χ0) is 15.0. The first-order chi connectivity index (χ1) is 10.8. The van der Waals surface area contributed by atoms with E-state index in [1.54, 1.807) is 5.57 Å². The lowest BCUT2D eigenvalue weighted by atomic mass is 9.69. The molecule has 2 bridgehead atoms. The maximum Gasteiger partial charge on any atom is 0.0105 e. The molecule has 0 aliphatic heterocycles. The van der Waals surface area contributed by atoms with Gasteiger partial charge in [-0.05, 0) is 62.0 Å². The molecule has 0 saturated heterocycles. The van der Waals surface area contributed by atoms with Gasteiger partial charge in [-0.2, -0.15) is 0 Å².